The van der Waals surface area contributed by atoms with Gasteiger partial charge in [0.05, 0.1) is 13.7 Å². The topological polar surface area (TPSA) is 115 Å². The monoisotopic (exact) mass is 755 g/mol. The molecule has 0 spiro atoms. The predicted octanol–water partition coefficient (Wildman–Crippen LogP) is 5.51. The third kappa shape index (κ3) is 7.04. The van der Waals surface area contributed by atoms with E-state index in [1.54, 1.807) is 24.1 Å². The molecule has 5 heterocycles. The molecule has 4 aromatic carbocycles. The van der Waals surface area contributed by atoms with Crippen LogP contribution in [0.4, 0.5) is 11.4 Å². The predicted molar refractivity (Wildman–Crippen MR) is 214 cm³/mol. The molecule has 3 amide bonds. The van der Waals surface area contributed by atoms with Crippen LogP contribution >= 0.6 is 0 Å². The van der Waals surface area contributed by atoms with E-state index in [0.29, 0.717) is 31.1 Å². The zero-order valence-electron chi connectivity index (χ0n) is 31.9. The molecule has 3 atom stereocenters. The number of methoxy groups -OCH3 is 1. The Hall–Kier alpha value is -5.55. The minimum atomic E-state index is -0.593. The first-order chi connectivity index (χ1) is 27.3. The first-order valence-corrected chi connectivity index (χ1v) is 20.0. The van der Waals surface area contributed by atoms with E-state index in [1.165, 1.54) is 29.7 Å². The largest absolute Gasteiger partial charge is 0.508 e. The third-order valence-corrected chi connectivity index (χ3v) is 12.7. The Balaban J connectivity index is 0.787. The number of nitrogens with one attached hydrogen (secondary N) is 1. The van der Waals surface area contributed by atoms with Crippen LogP contribution in [0.25, 0.3) is 0 Å². The number of fused-ring (bicyclic) bond motifs is 2. The second kappa shape index (κ2) is 15.2. The van der Waals surface area contributed by atoms with Crippen molar-refractivity contribution in [2.75, 3.05) is 69.3 Å². The molecule has 1 unspecified atom stereocenters. The number of anilines is 2. The van der Waals surface area contributed by atoms with Gasteiger partial charge in [0.25, 0.3) is 5.91 Å². The molecule has 5 aliphatic rings. The van der Waals surface area contributed by atoms with Crippen LogP contribution in [0, 0.1) is 5.92 Å². The van der Waals surface area contributed by atoms with Crippen LogP contribution in [-0.2, 0) is 16.1 Å². The Labute approximate surface area is 327 Å². The van der Waals surface area contributed by atoms with Gasteiger partial charge >= 0.3 is 0 Å². The number of phenolic OH excluding ortho intramolecular Hbond substituents is 1. The minimum absolute atomic E-state index is 0.0777. The van der Waals surface area contributed by atoms with E-state index in [-0.39, 0.29) is 41.7 Å². The lowest BCUT2D eigenvalue weighted by molar-refractivity contribution is -0.136. The smallest absolute Gasteiger partial charge is 0.255 e. The maximum Gasteiger partial charge on any atom is 0.255 e. The van der Waals surface area contributed by atoms with E-state index in [2.05, 4.69) is 62.5 Å². The summed E-state index contributed by atoms with van der Waals surface area (Å²) in [7, 11) is 1.69. The van der Waals surface area contributed by atoms with Crippen molar-refractivity contribution in [1.82, 2.24) is 15.1 Å². The molecule has 9 rings (SSSR count). The number of rotatable bonds is 8. The summed E-state index contributed by atoms with van der Waals surface area (Å²) < 4.78 is 11.8. The van der Waals surface area contributed by atoms with E-state index >= 15 is 0 Å². The lowest BCUT2D eigenvalue weighted by Crippen LogP contribution is -2.52. The second-order valence-corrected chi connectivity index (χ2v) is 15.9. The summed E-state index contributed by atoms with van der Waals surface area (Å²) >= 11 is 0. The number of nitrogens with zero attached hydrogens (tertiary/aromatic N) is 4. The summed E-state index contributed by atoms with van der Waals surface area (Å²) in [5, 5.41) is 12.6. The molecule has 3 saturated heterocycles. The Morgan fingerprint density at radius 2 is 1.57 bits per heavy atom. The number of piperazine rings is 1. The van der Waals surface area contributed by atoms with Crippen LogP contribution in [0.3, 0.4) is 0 Å². The Morgan fingerprint density at radius 1 is 0.804 bits per heavy atom. The number of imide groups is 1. The number of hydrogen-bond acceptors (Lipinski definition) is 9. The minimum Gasteiger partial charge on any atom is -0.508 e. The highest BCUT2D eigenvalue weighted by Crippen LogP contribution is 2.47. The average Bonchev–Trinajstić information content (AvgIpc) is 3.55. The first kappa shape index (κ1) is 36.1. The number of carbonyl (C=O) groups excluding carboxylic acids is 3. The highest BCUT2D eigenvalue weighted by atomic mass is 16.5. The van der Waals surface area contributed by atoms with Gasteiger partial charge in [0.1, 0.15) is 23.3 Å². The summed E-state index contributed by atoms with van der Waals surface area (Å²) in [4.78, 5) is 46.4. The van der Waals surface area contributed by atoms with Crippen molar-refractivity contribution in [2.45, 2.75) is 50.1 Å². The fraction of sp³-hybridized carbons (Fsp3) is 0.400. The van der Waals surface area contributed by atoms with Gasteiger partial charge in [-0.1, -0.05) is 30.3 Å². The van der Waals surface area contributed by atoms with Gasteiger partial charge in [0.15, 0.2) is 0 Å². The van der Waals surface area contributed by atoms with E-state index in [4.69, 9.17) is 9.47 Å². The number of aromatic hydroxyl groups is 1. The molecule has 3 fully saturated rings. The van der Waals surface area contributed by atoms with Crippen LogP contribution in [-0.4, -0.2) is 98.2 Å². The number of phenols is 1. The molecule has 0 aliphatic carbocycles. The van der Waals surface area contributed by atoms with Gasteiger partial charge in [-0.2, -0.15) is 0 Å². The van der Waals surface area contributed by atoms with Crippen LogP contribution in [0.2, 0.25) is 0 Å². The second-order valence-electron chi connectivity index (χ2n) is 15.9. The summed E-state index contributed by atoms with van der Waals surface area (Å²) in [6.45, 7) is 8.00. The first-order valence-electron chi connectivity index (χ1n) is 20.0. The molecule has 0 bridgehead atoms. The van der Waals surface area contributed by atoms with E-state index in [9.17, 15) is 19.5 Å². The van der Waals surface area contributed by atoms with Gasteiger partial charge in [0, 0.05) is 99.2 Å². The van der Waals surface area contributed by atoms with Crippen molar-refractivity contribution in [1.29, 1.82) is 0 Å². The maximum absolute atomic E-state index is 13.2. The van der Waals surface area contributed by atoms with Gasteiger partial charge in [0.2, 0.25) is 11.8 Å². The fourth-order valence-electron chi connectivity index (χ4n) is 9.55. The number of piperidine rings is 2. The summed E-state index contributed by atoms with van der Waals surface area (Å²) in [5.41, 5.74) is 7.47. The van der Waals surface area contributed by atoms with Crippen molar-refractivity contribution in [2.24, 2.45) is 5.92 Å². The molecule has 2 N–H and O–H groups in total. The lowest BCUT2D eigenvalue weighted by atomic mass is 9.76. The van der Waals surface area contributed by atoms with Crippen molar-refractivity contribution in [3.8, 4) is 17.2 Å². The van der Waals surface area contributed by atoms with Crippen molar-refractivity contribution in [3.63, 3.8) is 0 Å². The SMILES string of the molecule is COc1cccc([C@H]2COc3cc(O)ccc3[C@H]2c2ccc(N3CCC(CN4CCN(c5ccc6c(c5)CN(C5CCC(=O)NC5=O)C6=O)CC4)CC3)cc2)c1. The van der Waals surface area contributed by atoms with Crippen LogP contribution in [0.15, 0.2) is 84.9 Å². The normalized spacial score (nSPS) is 23.1. The van der Waals surface area contributed by atoms with E-state index < -0.39 is 6.04 Å². The molecule has 0 radical (unpaired) electrons. The summed E-state index contributed by atoms with van der Waals surface area (Å²) in [6.07, 6.45) is 2.96. The lowest BCUT2D eigenvalue weighted by Gasteiger charge is -2.40. The molecule has 5 aliphatic heterocycles. The molecule has 11 nitrogen and oxygen atoms in total. The van der Waals surface area contributed by atoms with Gasteiger partial charge in [-0.05, 0) is 90.4 Å². The highest BCUT2D eigenvalue weighted by Gasteiger charge is 2.39. The molecular formula is C45H49N5O6. The van der Waals surface area contributed by atoms with Gasteiger partial charge < -0.3 is 29.3 Å². The fourth-order valence-corrected chi connectivity index (χ4v) is 9.55. The molecule has 4 aromatic rings. The number of ether oxygens (including phenoxy) is 2. The van der Waals surface area contributed by atoms with Crippen LogP contribution < -0.4 is 24.6 Å². The Kier molecular flexibility index (Phi) is 9.79. The number of hydrogen-bond donors (Lipinski definition) is 2. The molecule has 290 valence electrons. The molecular weight excluding hydrogens is 707 g/mol. The van der Waals surface area contributed by atoms with Gasteiger partial charge in [-0.15, -0.1) is 0 Å². The number of amides is 3. The van der Waals surface area contributed by atoms with Crippen LogP contribution in [0.1, 0.15) is 70.1 Å². The highest BCUT2D eigenvalue weighted by molar-refractivity contribution is 6.05. The molecule has 0 aromatic heterocycles. The standard InChI is InChI=1S/C45H49N5O6/c1-55-36-4-2-3-31(24-36)39-28-56-41-25-35(51)10-12-38(41)43(39)30-5-7-33(8-6-30)48-17-15-29(16-18-48)26-47-19-21-49(22-20-47)34-9-11-37-32(23-34)27-50(45(37)54)40-13-14-42(52)46-44(40)53/h2-12,23-25,29,39-40,43,51H,13-22,26-28H2,1H3,(H,46,52,53)/t39-,40?,43-/m1/s1. The summed E-state index contributed by atoms with van der Waals surface area (Å²) in [6, 6.07) is 28.3. The van der Waals surface area contributed by atoms with Gasteiger partial charge in [-0.3, -0.25) is 24.6 Å². The Bertz CT molecular complexity index is 2120. The van der Waals surface area contributed by atoms with Gasteiger partial charge in [-0.25, -0.2) is 0 Å². The Morgan fingerprint density at radius 3 is 2.34 bits per heavy atom. The van der Waals surface area contributed by atoms with E-state index in [1.807, 2.05) is 30.3 Å². The van der Waals surface area contributed by atoms with Crippen molar-refractivity contribution < 1.29 is 29.0 Å². The summed E-state index contributed by atoms with van der Waals surface area (Å²) in [5.74, 6) is 1.85. The number of benzene rings is 4. The average molecular weight is 756 g/mol. The number of carbonyl (C=O) groups is 3. The maximum atomic E-state index is 13.2. The molecule has 11 heteroatoms. The zero-order valence-corrected chi connectivity index (χ0v) is 31.9. The van der Waals surface area contributed by atoms with Crippen molar-refractivity contribution in [3.05, 3.63) is 113 Å². The quantitative estimate of drug-likeness (QED) is 0.225. The van der Waals surface area contributed by atoms with Crippen LogP contribution in [0.5, 0.6) is 17.2 Å². The third-order valence-electron chi connectivity index (χ3n) is 12.7. The molecule has 56 heavy (non-hydrogen) atoms. The van der Waals surface area contributed by atoms with E-state index in [0.717, 1.165) is 74.1 Å². The zero-order chi connectivity index (χ0) is 38.3. The molecule has 0 saturated carbocycles. The van der Waals surface area contributed by atoms with Crippen molar-refractivity contribution >= 4 is 29.1 Å².